The summed E-state index contributed by atoms with van der Waals surface area (Å²) in [5.74, 6) is -0.443. The lowest BCUT2D eigenvalue weighted by molar-refractivity contribution is -0.128. The van der Waals surface area contributed by atoms with Gasteiger partial charge in [-0.1, -0.05) is 5.16 Å². The van der Waals surface area contributed by atoms with Gasteiger partial charge in [-0.05, 0) is 0 Å². The Kier molecular flexibility index (Phi) is 3.32. The van der Waals surface area contributed by atoms with E-state index >= 15 is 0 Å². The summed E-state index contributed by atoms with van der Waals surface area (Å²) in [6.45, 7) is 0. The number of alkyl halides is 3. The first-order valence-corrected chi connectivity index (χ1v) is 5.06. The average Bonchev–Trinajstić information content (AvgIpc) is 2.86. The fourth-order valence-electron chi connectivity index (χ4n) is 1.39. The Hall–Kier alpha value is -1.90. The van der Waals surface area contributed by atoms with Crippen molar-refractivity contribution in [1.82, 2.24) is 20.1 Å². The van der Waals surface area contributed by atoms with E-state index in [1.54, 1.807) is 6.20 Å². The Morgan fingerprint density at radius 3 is 2.83 bits per heavy atom. The first-order chi connectivity index (χ1) is 8.44. The maximum absolute atomic E-state index is 12.1. The third-order valence-corrected chi connectivity index (χ3v) is 2.15. The fourth-order valence-corrected chi connectivity index (χ4v) is 1.39. The van der Waals surface area contributed by atoms with Gasteiger partial charge in [0.25, 0.3) is 0 Å². The van der Waals surface area contributed by atoms with Crippen molar-refractivity contribution < 1.29 is 17.7 Å². The molecule has 0 fully saturated rings. The number of nitrogens with two attached hydrogens (primary N) is 1. The molecule has 98 valence electrons. The molecule has 0 aromatic carbocycles. The number of nitrogens with one attached hydrogen (secondary N) is 1. The van der Waals surface area contributed by atoms with Crippen molar-refractivity contribution in [2.24, 2.45) is 5.73 Å². The highest BCUT2D eigenvalue weighted by molar-refractivity contribution is 5.02. The van der Waals surface area contributed by atoms with Gasteiger partial charge in [-0.2, -0.15) is 18.2 Å². The molecule has 0 aliphatic carbocycles. The summed E-state index contributed by atoms with van der Waals surface area (Å²) >= 11 is 0. The van der Waals surface area contributed by atoms with Crippen LogP contribution < -0.4 is 5.73 Å². The molecule has 0 spiro atoms. The van der Waals surface area contributed by atoms with E-state index in [4.69, 9.17) is 10.3 Å². The molecular weight excluding hydrogens is 251 g/mol. The topological polar surface area (TPSA) is 93.6 Å². The van der Waals surface area contributed by atoms with E-state index in [1.165, 1.54) is 6.33 Å². The second-order valence-electron chi connectivity index (χ2n) is 3.73. The average molecular weight is 261 g/mol. The molecular formula is C9H10F3N5O. The Bertz CT molecular complexity index is 493. The smallest absolute Gasteiger partial charge is 0.348 e. The minimum Gasteiger partial charge on any atom is -0.348 e. The van der Waals surface area contributed by atoms with Crippen molar-refractivity contribution in [2.75, 3.05) is 0 Å². The number of aromatic nitrogens is 4. The molecule has 0 radical (unpaired) electrons. The number of imidazole rings is 1. The zero-order valence-corrected chi connectivity index (χ0v) is 9.11. The van der Waals surface area contributed by atoms with Crippen LogP contribution in [-0.2, 0) is 12.8 Å². The van der Waals surface area contributed by atoms with Crippen LogP contribution in [0.5, 0.6) is 0 Å². The highest BCUT2D eigenvalue weighted by atomic mass is 19.4. The van der Waals surface area contributed by atoms with Crippen molar-refractivity contribution >= 4 is 0 Å². The number of nitrogens with zero attached hydrogens (tertiary/aromatic N) is 3. The van der Waals surface area contributed by atoms with Crippen LogP contribution in [-0.4, -0.2) is 26.3 Å². The van der Waals surface area contributed by atoms with Gasteiger partial charge in [-0.15, -0.1) is 0 Å². The van der Waals surface area contributed by atoms with E-state index in [9.17, 15) is 13.2 Å². The summed E-state index contributed by atoms with van der Waals surface area (Å²) in [5.41, 5.74) is 6.47. The van der Waals surface area contributed by atoms with Gasteiger partial charge in [-0.3, -0.25) is 0 Å². The van der Waals surface area contributed by atoms with Crippen LogP contribution in [0.4, 0.5) is 13.2 Å². The third-order valence-electron chi connectivity index (χ3n) is 2.15. The number of H-pyrrole nitrogens is 1. The Labute approximate surface area is 99.4 Å². The van der Waals surface area contributed by atoms with E-state index in [0.717, 1.165) is 5.69 Å². The lowest BCUT2D eigenvalue weighted by atomic mass is 10.2. The molecule has 0 aliphatic heterocycles. The number of rotatable bonds is 4. The van der Waals surface area contributed by atoms with Crippen molar-refractivity contribution in [3.63, 3.8) is 0 Å². The fraction of sp³-hybridized carbons (Fsp3) is 0.444. The quantitative estimate of drug-likeness (QED) is 0.860. The van der Waals surface area contributed by atoms with Crippen molar-refractivity contribution in [3.8, 4) is 0 Å². The van der Waals surface area contributed by atoms with Gasteiger partial charge < -0.3 is 15.2 Å². The van der Waals surface area contributed by atoms with Crippen LogP contribution in [0.25, 0.3) is 0 Å². The standard InChI is InChI=1S/C9H10F3N5O/c10-9(11,12)2-7-16-8(18-17-7)6(13)1-5-3-14-4-15-5/h3-4,6H,1-2,13H2,(H,14,15)/t6-/m0/s1. The van der Waals surface area contributed by atoms with Crippen LogP contribution in [0.15, 0.2) is 17.0 Å². The van der Waals surface area contributed by atoms with E-state index in [-0.39, 0.29) is 5.89 Å². The highest BCUT2D eigenvalue weighted by Gasteiger charge is 2.31. The lowest BCUT2D eigenvalue weighted by Gasteiger charge is -2.03. The zero-order valence-electron chi connectivity index (χ0n) is 9.11. The number of hydrogen-bond acceptors (Lipinski definition) is 5. The molecule has 0 bridgehead atoms. The van der Waals surface area contributed by atoms with Crippen LogP contribution in [0.1, 0.15) is 23.5 Å². The Balaban J connectivity index is 2.01. The number of aromatic amines is 1. The maximum Gasteiger partial charge on any atom is 0.396 e. The summed E-state index contributed by atoms with van der Waals surface area (Å²) in [6.07, 6.45) is -2.23. The predicted octanol–water partition coefficient (Wildman–Crippen LogP) is 1.14. The summed E-state index contributed by atoms with van der Waals surface area (Å²) in [5, 5.41) is 3.24. The van der Waals surface area contributed by atoms with E-state index in [0.29, 0.717) is 6.42 Å². The highest BCUT2D eigenvalue weighted by Crippen LogP contribution is 2.20. The molecule has 18 heavy (non-hydrogen) atoms. The molecule has 6 nitrogen and oxygen atoms in total. The van der Waals surface area contributed by atoms with Gasteiger partial charge >= 0.3 is 6.18 Å². The molecule has 0 amide bonds. The van der Waals surface area contributed by atoms with E-state index in [1.807, 2.05) is 0 Å². The van der Waals surface area contributed by atoms with Crippen LogP contribution in [0, 0.1) is 0 Å². The maximum atomic E-state index is 12.1. The van der Waals surface area contributed by atoms with Crippen molar-refractivity contribution in [1.29, 1.82) is 0 Å². The van der Waals surface area contributed by atoms with Gasteiger partial charge in [0.05, 0.1) is 12.4 Å². The van der Waals surface area contributed by atoms with Gasteiger partial charge in [-0.25, -0.2) is 4.98 Å². The molecule has 2 aromatic heterocycles. The first-order valence-electron chi connectivity index (χ1n) is 5.06. The van der Waals surface area contributed by atoms with Gasteiger partial charge in [0.1, 0.15) is 6.42 Å². The van der Waals surface area contributed by atoms with E-state index < -0.39 is 24.5 Å². The monoisotopic (exact) mass is 261 g/mol. The molecule has 0 aliphatic rings. The molecule has 3 N–H and O–H groups in total. The Morgan fingerprint density at radius 2 is 2.22 bits per heavy atom. The molecule has 1 atom stereocenters. The largest absolute Gasteiger partial charge is 0.396 e. The van der Waals surface area contributed by atoms with Gasteiger partial charge in [0.15, 0.2) is 5.82 Å². The van der Waals surface area contributed by atoms with Crippen LogP contribution in [0.3, 0.4) is 0 Å². The second kappa shape index (κ2) is 4.77. The number of halogens is 3. The van der Waals surface area contributed by atoms with Crippen molar-refractivity contribution in [2.45, 2.75) is 25.1 Å². The number of hydrogen-bond donors (Lipinski definition) is 2. The second-order valence-corrected chi connectivity index (χ2v) is 3.73. The predicted molar refractivity (Wildman–Crippen MR) is 53.3 cm³/mol. The molecule has 9 heteroatoms. The SMILES string of the molecule is N[C@@H](Cc1cnc[nH]1)c1nc(CC(F)(F)F)no1. The van der Waals surface area contributed by atoms with Gasteiger partial charge in [0.2, 0.25) is 5.89 Å². The summed E-state index contributed by atoms with van der Waals surface area (Å²) in [7, 11) is 0. The minimum atomic E-state index is -4.37. The third kappa shape index (κ3) is 3.29. The van der Waals surface area contributed by atoms with E-state index in [2.05, 4.69) is 20.1 Å². The summed E-state index contributed by atoms with van der Waals surface area (Å²) in [4.78, 5) is 10.2. The summed E-state index contributed by atoms with van der Waals surface area (Å²) in [6, 6.07) is -0.667. The molecule has 2 heterocycles. The normalized spacial score (nSPS) is 13.8. The first kappa shape index (κ1) is 12.6. The molecule has 0 saturated heterocycles. The Morgan fingerprint density at radius 1 is 1.44 bits per heavy atom. The zero-order chi connectivity index (χ0) is 13.2. The van der Waals surface area contributed by atoms with Crippen molar-refractivity contribution in [3.05, 3.63) is 29.9 Å². The molecule has 2 rings (SSSR count). The minimum absolute atomic E-state index is 0.0242. The molecule has 2 aromatic rings. The van der Waals surface area contributed by atoms with Gasteiger partial charge in [0, 0.05) is 18.3 Å². The lowest BCUT2D eigenvalue weighted by Crippen LogP contribution is -2.15. The summed E-state index contributed by atoms with van der Waals surface area (Å²) < 4.78 is 41.0. The van der Waals surface area contributed by atoms with Crippen LogP contribution >= 0.6 is 0 Å². The molecule has 0 saturated carbocycles. The van der Waals surface area contributed by atoms with Crippen LogP contribution in [0.2, 0.25) is 0 Å². The molecule has 0 unspecified atom stereocenters.